The fourth-order valence-corrected chi connectivity index (χ4v) is 5.65. The molecular formula is C36H74BrNO4. The molecule has 0 aliphatic rings. The molecule has 0 aromatic heterocycles. The van der Waals surface area contributed by atoms with Crippen LogP contribution in [0.2, 0.25) is 0 Å². The van der Waals surface area contributed by atoms with E-state index in [0.717, 1.165) is 32.6 Å². The second-order valence-electron chi connectivity index (χ2n) is 13.3. The molecule has 254 valence electrons. The first-order valence-corrected chi connectivity index (χ1v) is 18.1. The van der Waals surface area contributed by atoms with Crippen molar-refractivity contribution >= 4 is 5.97 Å². The highest BCUT2D eigenvalue weighted by molar-refractivity contribution is 5.66. The van der Waals surface area contributed by atoms with Gasteiger partial charge < -0.3 is 36.0 Å². The van der Waals surface area contributed by atoms with E-state index in [9.17, 15) is 4.79 Å². The summed E-state index contributed by atoms with van der Waals surface area (Å²) in [5, 5.41) is 9.12. The smallest absolute Gasteiger partial charge is 0.309 e. The van der Waals surface area contributed by atoms with Crippen LogP contribution in [0.5, 0.6) is 0 Å². The maximum atomic E-state index is 11.1. The molecule has 0 aromatic rings. The molecular weight excluding hydrogens is 590 g/mol. The van der Waals surface area contributed by atoms with Gasteiger partial charge in [0.15, 0.2) is 0 Å². The van der Waals surface area contributed by atoms with Gasteiger partial charge in [0.25, 0.3) is 0 Å². The number of carboxylic acids is 1. The van der Waals surface area contributed by atoms with Crippen molar-refractivity contribution in [1.82, 2.24) is 0 Å². The predicted molar refractivity (Wildman–Crippen MR) is 177 cm³/mol. The average molecular weight is 665 g/mol. The Bertz CT molecular complexity index is 546. The number of unbranched alkanes of at least 4 members (excludes halogenated alkanes) is 22. The Labute approximate surface area is 273 Å². The third-order valence-corrected chi connectivity index (χ3v) is 8.43. The number of rotatable bonds is 34. The maximum Gasteiger partial charge on any atom is 0.309 e. The molecule has 0 fully saturated rings. The Morgan fingerprint density at radius 1 is 0.595 bits per heavy atom. The van der Waals surface area contributed by atoms with E-state index in [1.54, 1.807) is 0 Å². The van der Waals surface area contributed by atoms with E-state index in [2.05, 4.69) is 27.9 Å². The number of quaternary nitrogens is 1. The average Bonchev–Trinajstić information content (AvgIpc) is 2.94. The summed E-state index contributed by atoms with van der Waals surface area (Å²) in [6.07, 6.45) is 32.6. The first-order chi connectivity index (χ1) is 19.9. The molecule has 1 N–H and O–H groups in total. The van der Waals surface area contributed by atoms with Crippen LogP contribution in [-0.4, -0.2) is 68.7 Å². The molecule has 0 aliphatic heterocycles. The summed E-state index contributed by atoms with van der Waals surface area (Å²) in [6.45, 7) is 8.18. The number of hydrogen-bond acceptors (Lipinski definition) is 3. The Morgan fingerprint density at radius 3 is 1.33 bits per heavy atom. The van der Waals surface area contributed by atoms with Crippen molar-refractivity contribution in [3.8, 4) is 0 Å². The first-order valence-electron chi connectivity index (χ1n) is 18.1. The normalized spacial score (nSPS) is 12.4. The number of carbonyl (C=O) groups is 1. The quantitative estimate of drug-likeness (QED) is 0.0578. The highest BCUT2D eigenvalue weighted by atomic mass is 79.9. The lowest BCUT2D eigenvalue weighted by atomic mass is 10.1. The highest BCUT2D eigenvalue weighted by Gasteiger charge is 2.24. The van der Waals surface area contributed by atoms with E-state index in [4.69, 9.17) is 14.6 Å². The van der Waals surface area contributed by atoms with Crippen molar-refractivity contribution < 1.29 is 40.8 Å². The van der Waals surface area contributed by atoms with Gasteiger partial charge in [-0.15, -0.1) is 0 Å². The summed E-state index contributed by atoms with van der Waals surface area (Å²) in [5.41, 5.74) is 0. The van der Waals surface area contributed by atoms with E-state index in [-0.39, 0.29) is 29.5 Å². The van der Waals surface area contributed by atoms with E-state index < -0.39 is 5.97 Å². The Morgan fingerprint density at radius 2 is 0.952 bits per heavy atom. The molecule has 6 heteroatoms. The lowest BCUT2D eigenvalue weighted by Crippen LogP contribution is -3.00. The topological polar surface area (TPSA) is 55.8 Å². The minimum atomic E-state index is -0.728. The lowest BCUT2D eigenvalue weighted by molar-refractivity contribution is -0.893. The number of nitrogens with zero attached hydrogens (tertiary/aromatic N) is 1. The molecule has 0 rings (SSSR count). The number of halogens is 1. The summed E-state index contributed by atoms with van der Waals surface area (Å²) < 4.78 is 13.0. The summed E-state index contributed by atoms with van der Waals surface area (Å²) in [5.74, 6) is -0.728. The molecule has 42 heavy (non-hydrogen) atoms. The summed E-state index contributed by atoms with van der Waals surface area (Å²) in [6, 6.07) is 0. The van der Waals surface area contributed by atoms with Crippen molar-refractivity contribution in [1.29, 1.82) is 0 Å². The van der Waals surface area contributed by atoms with Crippen LogP contribution >= 0.6 is 0 Å². The summed E-state index contributed by atoms with van der Waals surface area (Å²) in [7, 11) is 4.21. The summed E-state index contributed by atoms with van der Waals surface area (Å²) in [4.78, 5) is 11.1. The van der Waals surface area contributed by atoms with E-state index >= 15 is 0 Å². The molecule has 0 spiro atoms. The van der Waals surface area contributed by atoms with Gasteiger partial charge >= 0.3 is 5.97 Å². The molecule has 0 amide bonds. The molecule has 0 heterocycles. The molecule has 0 radical (unpaired) electrons. The monoisotopic (exact) mass is 663 g/mol. The number of hydrogen-bond donors (Lipinski definition) is 1. The SMILES string of the molecule is CCCCCCCCCCCCCCOCC(C[N+](C)(C)CCC(=O)O)OCCCCCCCCCCCCCC.[Br-]. The zero-order valence-electron chi connectivity index (χ0n) is 28.8. The number of carboxylic acid groups (broad SMARTS) is 1. The second-order valence-corrected chi connectivity index (χ2v) is 13.3. The molecule has 1 unspecified atom stereocenters. The summed E-state index contributed by atoms with van der Waals surface area (Å²) >= 11 is 0. The van der Waals surface area contributed by atoms with Gasteiger partial charge in [-0.2, -0.15) is 0 Å². The second kappa shape index (κ2) is 33.7. The van der Waals surface area contributed by atoms with E-state index in [0.29, 0.717) is 17.6 Å². The third kappa shape index (κ3) is 34.3. The van der Waals surface area contributed by atoms with Gasteiger partial charge in [0.2, 0.25) is 0 Å². The van der Waals surface area contributed by atoms with Crippen LogP contribution in [0.3, 0.4) is 0 Å². The van der Waals surface area contributed by atoms with E-state index in [1.807, 2.05) is 0 Å². The molecule has 0 aromatic carbocycles. The highest BCUT2D eigenvalue weighted by Crippen LogP contribution is 2.14. The molecule has 0 saturated heterocycles. The van der Waals surface area contributed by atoms with Crippen LogP contribution < -0.4 is 17.0 Å². The standard InChI is InChI=1S/C36H73NO4.BrH/c1-5-7-9-11-13-15-17-19-21-23-25-27-31-40-34-35(33-37(3,4)30-29-36(38)39)41-32-28-26-24-22-20-18-16-14-12-10-8-6-2;/h35H,5-34H2,1-4H3;1H. The van der Waals surface area contributed by atoms with E-state index in [1.165, 1.54) is 141 Å². The van der Waals surface area contributed by atoms with Crippen LogP contribution in [0.15, 0.2) is 0 Å². The van der Waals surface area contributed by atoms with Crippen molar-refractivity contribution in [2.45, 2.75) is 180 Å². The zero-order valence-corrected chi connectivity index (χ0v) is 30.4. The van der Waals surface area contributed by atoms with Gasteiger partial charge in [-0.25, -0.2) is 0 Å². The first kappa shape index (κ1) is 44.0. The van der Waals surface area contributed by atoms with Gasteiger partial charge in [0.05, 0.1) is 33.7 Å². The van der Waals surface area contributed by atoms with Gasteiger partial charge in [0, 0.05) is 13.2 Å². The van der Waals surface area contributed by atoms with Crippen LogP contribution in [0.25, 0.3) is 0 Å². The van der Waals surface area contributed by atoms with Gasteiger partial charge in [-0.3, -0.25) is 4.79 Å². The largest absolute Gasteiger partial charge is 1.00 e. The van der Waals surface area contributed by atoms with Crippen molar-refractivity contribution in [2.24, 2.45) is 0 Å². The van der Waals surface area contributed by atoms with Crippen LogP contribution in [0, 0.1) is 0 Å². The predicted octanol–water partition coefficient (Wildman–Crippen LogP) is 7.35. The minimum absolute atomic E-state index is 0. The fraction of sp³-hybridized carbons (Fsp3) is 0.972. The molecule has 0 aliphatic carbocycles. The van der Waals surface area contributed by atoms with Crippen LogP contribution in [0.4, 0.5) is 0 Å². The number of likely N-dealkylation sites (N-methyl/N-ethyl adjacent to an activating group) is 1. The van der Waals surface area contributed by atoms with Gasteiger partial charge in [0.1, 0.15) is 12.6 Å². The number of ether oxygens (including phenoxy) is 2. The lowest BCUT2D eigenvalue weighted by Gasteiger charge is -2.33. The number of aliphatic carboxylic acids is 1. The minimum Gasteiger partial charge on any atom is -1.00 e. The van der Waals surface area contributed by atoms with Crippen LogP contribution in [0.1, 0.15) is 174 Å². The van der Waals surface area contributed by atoms with Crippen molar-refractivity contribution in [3.63, 3.8) is 0 Å². The zero-order chi connectivity index (χ0) is 30.3. The maximum absolute atomic E-state index is 11.1. The fourth-order valence-electron chi connectivity index (χ4n) is 5.65. The van der Waals surface area contributed by atoms with Crippen molar-refractivity contribution in [2.75, 3.05) is 47.0 Å². The van der Waals surface area contributed by atoms with Gasteiger partial charge in [-0.1, -0.05) is 155 Å². The molecule has 0 bridgehead atoms. The molecule has 1 atom stereocenters. The van der Waals surface area contributed by atoms with Gasteiger partial charge in [-0.05, 0) is 12.8 Å². The Kier molecular flexibility index (Phi) is 35.3. The molecule has 5 nitrogen and oxygen atoms in total. The third-order valence-electron chi connectivity index (χ3n) is 8.43. The molecule has 0 saturated carbocycles. The van der Waals surface area contributed by atoms with Crippen molar-refractivity contribution in [3.05, 3.63) is 0 Å². The van der Waals surface area contributed by atoms with Crippen LogP contribution in [-0.2, 0) is 14.3 Å². The Hall–Kier alpha value is -0.170. The Balaban J connectivity index is 0.